The summed E-state index contributed by atoms with van der Waals surface area (Å²) < 4.78 is 0. The third kappa shape index (κ3) is 2.18. The van der Waals surface area contributed by atoms with E-state index in [2.05, 4.69) is 22.3 Å². The average molecular weight is 240 g/mol. The highest BCUT2D eigenvalue weighted by Crippen LogP contribution is 2.31. The number of hydrogen-bond acceptors (Lipinski definition) is 4. The van der Waals surface area contributed by atoms with Crippen LogP contribution in [0.15, 0.2) is 23.4 Å². The molecule has 1 saturated heterocycles. The molecule has 0 amide bonds. The van der Waals surface area contributed by atoms with Gasteiger partial charge in [-0.15, -0.1) is 4.91 Å². The van der Waals surface area contributed by atoms with E-state index in [1.54, 1.807) is 12.1 Å². The Morgan fingerprint density at radius 2 is 2.38 bits per heavy atom. The molecular weight excluding hydrogens is 226 g/mol. The van der Waals surface area contributed by atoms with Gasteiger partial charge in [-0.05, 0) is 30.3 Å². The average Bonchev–Trinajstić information content (AvgIpc) is 2.30. The van der Waals surface area contributed by atoms with Gasteiger partial charge in [0.15, 0.2) is 0 Å². The lowest BCUT2D eigenvalue weighted by atomic mass is 10.1. The number of nitroso groups, excluding NO2 is 1. The van der Waals surface area contributed by atoms with Crippen LogP contribution >= 0.6 is 11.6 Å². The maximum atomic E-state index is 10.4. The summed E-state index contributed by atoms with van der Waals surface area (Å²) in [5.74, 6) is 0. The van der Waals surface area contributed by atoms with Crippen molar-refractivity contribution in [3.05, 3.63) is 28.1 Å². The Balaban J connectivity index is 2.28. The zero-order valence-electron chi connectivity index (χ0n) is 9.11. The molecule has 86 valence electrons. The molecule has 16 heavy (non-hydrogen) atoms. The number of rotatable bonds is 2. The Morgan fingerprint density at radius 1 is 1.56 bits per heavy atom. The predicted octanol–water partition coefficient (Wildman–Crippen LogP) is 2.54. The Hall–Kier alpha value is -1.13. The second kappa shape index (κ2) is 4.80. The molecule has 1 aliphatic rings. The molecule has 1 aromatic rings. The third-order valence-electron chi connectivity index (χ3n) is 2.85. The Labute approximate surface area is 99.6 Å². The molecule has 0 spiro atoms. The highest BCUT2D eigenvalue weighted by atomic mass is 35.5. The van der Waals surface area contributed by atoms with E-state index in [4.69, 9.17) is 11.6 Å². The van der Waals surface area contributed by atoms with Crippen LogP contribution in [0.5, 0.6) is 0 Å². The van der Waals surface area contributed by atoms with Crippen LogP contribution in [-0.4, -0.2) is 25.7 Å². The predicted molar refractivity (Wildman–Crippen MR) is 66.6 cm³/mol. The molecule has 1 heterocycles. The van der Waals surface area contributed by atoms with Crippen LogP contribution in [0, 0.1) is 4.91 Å². The van der Waals surface area contributed by atoms with Gasteiger partial charge < -0.3 is 10.2 Å². The molecule has 1 fully saturated rings. The van der Waals surface area contributed by atoms with Crippen LogP contribution in [0.25, 0.3) is 0 Å². The number of benzene rings is 1. The van der Waals surface area contributed by atoms with Crippen molar-refractivity contribution in [3.63, 3.8) is 0 Å². The first-order valence-electron chi connectivity index (χ1n) is 5.32. The zero-order valence-corrected chi connectivity index (χ0v) is 9.87. The molecule has 1 atom stereocenters. The summed E-state index contributed by atoms with van der Waals surface area (Å²) >= 11 is 6.15. The molecule has 4 nitrogen and oxygen atoms in total. The number of anilines is 1. The van der Waals surface area contributed by atoms with Crippen LogP contribution in [-0.2, 0) is 0 Å². The van der Waals surface area contributed by atoms with Crippen LogP contribution in [0.1, 0.15) is 6.92 Å². The zero-order chi connectivity index (χ0) is 11.5. The number of halogens is 1. The summed E-state index contributed by atoms with van der Waals surface area (Å²) in [5.41, 5.74) is 1.35. The molecule has 0 unspecified atom stereocenters. The van der Waals surface area contributed by atoms with Gasteiger partial charge in [-0.2, -0.15) is 0 Å². The quantitative estimate of drug-likeness (QED) is 0.807. The fraction of sp³-hybridized carbons (Fsp3) is 0.455. The fourth-order valence-electron chi connectivity index (χ4n) is 1.98. The van der Waals surface area contributed by atoms with E-state index in [9.17, 15) is 4.91 Å². The van der Waals surface area contributed by atoms with Crippen molar-refractivity contribution in [3.8, 4) is 0 Å². The van der Waals surface area contributed by atoms with Crippen molar-refractivity contribution in [1.82, 2.24) is 5.32 Å². The van der Waals surface area contributed by atoms with Crippen LogP contribution < -0.4 is 10.2 Å². The molecule has 0 bridgehead atoms. The summed E-state index contributed by atoms with van der Waals surface area (Å²) in [6, 6.07) is 5.57. The lowest BCUT2D eigenvalue weighted by Gasteiger charge is -2.36. The van der Waals surface area contributed by atoms with Crippen LogP contribution in [0.2, 0.25) is 5.02 Å². The van der Waals surface area contributed by atoms with Gasteiger partial charge in [0.25, 0.3) is 0 Å². The Morgan fingerprint density at radius 3 is 3.00 bits per heavy atom. The van der Waals surface area contributed by atoms with Gasteiger partial charge >= 0.3 is 0 Å². The SMILES string of the molecule is C[C@@H]1CNCCN1c1ccc(N=O)cc1Cl. The standard InChI is InChI=1S/C11H14ClN3O/c1-8-7-13-4-5-15(8)11-3-2-9(14-16)6-10(11)12/h2-3,6,8,13H,4-5,7H2,1H3/t8-/m1/s1. The molecule has 1 aliphatic heterocycles. The van der Waals surface area contributed by atoms with E-state index in [0.29, 0.717) is 16.8 Å². The molecule has 0 saturated carbocycles. The molecule has 1 aromatic carbocycles. The molecule has 1 N–H and O–H groups in total. The van der Waals surface area contributed by atoms with Gasteiger partial charge in [-0.25, -0.2) is 0 Å². The van der Waals surface area contributed by atoms with E-state index >= 15 is 0 Å². The van der Waals surface area contributed by atoms with E-state index in [0.717, 1.165) is 25.3 Å². The van der Waals surface area contributed by atoms with Crippen molar-refractivity contribution in [2.75, 3.05) is 24.5 Å². The van der Waals surface area contributed by atoms with Crippen LogP contribution in [0.4, 0.5) is 11.4 Å². The first-order chi connectivity index (χ1) is 7.72. The van der Waals surface area contributed by atoms with E-state index in [1.165, 1.54) is 0 Å². The van der Waals surface area contributed by atoms with E-state index in [-0.39, 0.29) is 0 Å². The maximum absolute atomic E-state index is 10.4. The van der Waals surface area contributed by atoms with E-state index < -0.39 is 0 Å². The second-order valence-electron chi connectivity index (χ2n) is 3.97. The minimum absolute atomic E-state index is 0.372. The molecule has 2 rings (SSSR count). The number of piperazine rings is 1. The first-order valence-corrected chi connectivity index (χ1v) is 5.70. The second-order valence-corrected chi connectivity index (χ2v) is 4.38. The molecule has 5 heteroatoms. The molecule has 0 radical (unpaired) electrons. The Bertz CT molecular complexity index is 397. The highest BCUT2D eigenvalue weighted by molar-refractivity contribution is 6.33. The first kappa shape index (κ1) is 11.4. The summed E-state index contributed by atoms with van der Waals surface area (Å²) in [5, 5.41) is 6.78. The summed E-state index contributed by atoms with van der Waals surface area (Å²) in [4.78, 5) is 12.6. The minimum atomic E-state index is 0.372. The normalized spacial score (nSPS) is 20.9. The largest absolute Gasteiger partial charge is 0.365 e. The lowest BCUT2D eigenvalue weighted by Crippen LogP contribution is -2.50. The smallest absolute Gasteiger partial charge is 0.109 e. The van der Waals surface area contributed by atoms with E-state index in [1.807, 2.05) is 6.07 Å². The summed E-state index contributed by atoms with van der Waals surface area (Å²) in [7, 11) is 0. The third-order valence-corrected chi connectivity index (χ3v) is 3.15. The van der Waals surface area contributed by atoms with Crippen LogP contribution in [0.3, 0.4) is 0 Å². The fourth-order valence-corrected chi connectivity index (χ4v) is 2.27. The lowest BCUT2D eigenvalue weighted by molar-refractivity contribution is 0.501. The number of nitrogens with zero attached hydrogens (tertiary/aromatic N) is 2. The van der Waals surface area contributed by atoms with Gasteiger partial charge in [0.2, 0.25) is 0 Å². The summed E-state index contributed by atoms with van der Waals surface area (Å²) in [6.45, 7) is 4.97. The maximum Gasteiger partial charge on any atom is 0.109 e. The molecule has 0 aromatic heterocycles. The van der Waals surface area contributed by atoms with Gasteiger partial charge in [0.05, 0.1) is 10.7 Å². The topological polar surface area (TPSA) is 44.7 Å². The molecular formula is C11H14ClN3O. The van der Waals surface area contributed by atoms with Crippen molar-refractivity contribution in [1.29, 1.82) is 0 Å². The number of hydrogen-bond donors (Lipinski definition) is 1. The molecule has 0 aliphatic carbocycles. The van der Waals surface area contributed by atoms with Gasteiger partial charge in [0, 0.05) is 25.7 Å². The Kier molecular flexibility index (Phi) is 3.41. The van der Waals surface area contributed by atoms with Gasteiger partial charge in [0.1, 0.15) is 5.69 Å². The highest BCUT2D eigenvalue weighted by Gasteiger charge is 2.20. The van der Waals surface area contributed by atoms with Crippen molar-refractivity contribution < 1.29 is 0 Å². The number of nitrogens with one attached hydrogen (secondary N) is 1. The van der Waals surface area contributed by atoms with Gasteiger partial charge in [-0.3, -0.25) is 0 Å². The van der Waals surface area contributed by atoms with Crippen molar-refractivity contribution in [2.45, 2.75) is 13.0 Å². The monoisotopic (exact) mass is 239 g/mol. The van der Waals surface area contributed by atoms with Gasteiger partial charge in [-0.1, -0.05) is 11.6 Å². The summed E-state index contributed by atoms with van der Waals surface area (Å²) in [6.07, 6.45) is 0. The van der Waals surface area contributed by atoms with Crippen molar-refractivity contribution >= 4 is 23.0 Å². The van der Waals surface area contributed by atoms with Crippen molar-refractivity contribution in [2.24, 2.45) is 5.18 Å². The minimum Gasteiger partial charge on any atom is -0.365 e.